The van der Waals surface area contributed by atoms with Gasteiger partial charge in [0.1, 0.15) is 0 Å². The summed E-state index contributed by atoms with van der Waals surface area (Å²) in [6.45, 7) is 6.47. The monoisotopic (exact) mass is 370 g/mol. The molecule has 1 aromatic carbocycles. The van der Waals surface area contributed by atoms with Crippen LogP contribution in [0.3, 0.4) is 0 Å². The van der Waals surface area contributed by atoms with Crippen molar-refractivity contribution in [2.75, 3.05) is 32.8 Å². The van der Waals surface area contributed by atoms with E-state index in [2.05, 4.69) is 40.1 Å². The smallest absolute Gasteiger partial charge is 0.0586 e. The standard InChI is InChI=1S/C24H38N2O/c27-20-23-7-4-15-26(23)16-10-21-8-11-24(12-9-21)13-17-25(18-14-24)19-22-5-2-1-3-6-22/h1-3,5-6,21,23,27H,4,7-20H2/t23-/m0/s1. The van der Waals surface area contributed by atoms with Gasteiger partial charge in [0.2, 0.25) is 0 Å². The summed E-state index contributed by atoms with van der Waals surface area (Å²) in [6.07, 6.45) is 12.4. The number of aliphatic hydroxyl groups is 1. The molecule has 1 aliphatic carbocycles. The Labute approximate surface area is 165 Å². The minimum atomic E-state index is 0.354. The van der Waals surface area contributed by atoms with Crippen molar-refractivity contribution in [3.63, 3.8) is 0 Å². The van der Waals surface area contributed by atoms with Crippen molar-refractivity contribution in [3.05, 3.63) is 35.9 Å². The Morgan fingerprint density at radius 3 is 2.37 bits per heavy atom. The van der Waals surface area contributed by atoms with Gasteiger partial charge in [-0.2, -0.15) is 0 Å². The molecule has 2 saturated heterocycles. The van der Waals surface area contributed by atoms with Crippen LogP contribution in [0.5, 0.6) is 0 Å². The molecule has 3 heteroatoms. The normalized spacial score (nSPS) is 27.4. The summed E-state index contributed by atoms with van der Waals surface area (Å²) in [5, 5.41) is 9.51. The molecule has 3 fully saturated rings. The maximum absolute atomic E-state index is 9.51. The van der Waals surface area contributed by atoms with Crippen LogP contribution < -0.4 is 0 Å². The van der Waals surface area contributed by atoms with Gasteiger partial charge in [0.25, 0.3) is 0 Å². The zero-order chi connectivity index (χ0) is 18.5. The van der Waals surface area contributed by atoms with E-state index in [0.29, 0.717) is 18.1 Å². The van der Waals surface area contributed by atoms with Crippen LogP contribution in [0.25, 0.3) is 0 Å². The van der Waals surface area contributed by atoms with E-state index in [0.717, 1.165) is 12.5 Å². The van der Waals surface area contributed by atoms with Crippen LogP contribution in [0.4, 0.5) is 0 Å². The largest absolute Gasteiger partial charge is 0.395 e. The van der Waals surface area contributed by atoms with Gasteiger partial charge in [0, 0.05) is 12.6 Å². The van der Waals surface area contributed by atoms with Crippen LogP contribution in [0.2, 0.25) is 0 Å². The predicted octanol–water partition coefficient (Wildman–Crippen LogP) is 4.31. The van der Waals surface area contributed by atoms with Gasteiger partial charge in [-0.05, 0) is 101 Å². The van der Waals surface area contributed by atoms with Crippen molar-refractivity contribution in [1.82, 2.24) is 9.80 Å². The fourth-order valence-electron chi connectivity index (χ4n) is 5.85. The maximum atomic E-state index is 9.51. The molecular formula is C24H38N2O. The van der Waals surface area contributed by atoms with E-state index < -0.39 is 0 Å². The summed E-state index contributed by atoms with van der Waals surface area (Å²) in [7, 11) is 0. The van der Waals surface area contributed by atoms with E-state index >= 15 is 0 Å². The minimum Gasteiger partial charge on any atom is -0.395 e. The lowest BCUT2D eigenvalue weighted by atomic mass is 9.65. The first-order valence-electron chi connectivity index (χ1n) is 11.4. The zero-order valence-corrected chi connectivity index (χ0v) is 17.0. The van der Waals surface area contributed by atoms with Gasteiger partial charge >= 0.3 is 0 Å². The first kappa shape index (κ1) is 19.4. The van der Waals surface area contributed by atoms with Crippen LogP contribution in [0, 0.1) is 11.3 Å². The second kappa shape index (κ2) is 9.07. The molecule has 0 bridgehead atoms. The summed E-state index contributed by atoms with van der Waals surface area (Å²) in [6, 6.07) is 11.4. The molecule has 2 aliphatic heterocycles. The van der Waals surface area contributed by atoms with Crippen molar-refractivity contribution >= 4 is 0 Å². The van der Waals surface area contributed by atoms with Crippen molar-refractivity contribution in [3.8, 4) is 0 Å². The number of nitrogens with zero attached hydrogens (tertiary/aromatic N) is 2. The number of benzene rings is 1. The van der Waals surface area contributed by atoms with E-state index in [1.54, 1.807) is 0 Å². The summed E-state index contributed by atoms with van der Waals surface area (Å²) < 4.78 is 0. The lowest BCUT2D eigenvalue weighted by molar-refractivity contribution is 0.0447. The van der Waals surface area contributed by atoms with Gasteiger partial charge < -0.3 is 5.11 Å². The van der Waals surface area contributed by atoms with Gasteiger partial charge in [-0.15, -0.1) is 0 Å². The summed E-state index contributed by atoms with van der Waals surface area (Å²) in [4.78, 5) is 5.21. The van der Waals surface area contributed by atoms with E-state index in [-0.39, 0.29) is 0 Å². The fraction of sp³-hybridized carbons (Fsp3) is 0.750. The van der Waals surface area contributed by atoms with Crippen LogP contribution in [0.1, 0.15) is 63.4 Å². The Morgan fingerprint density at radius 2 is 1.67 bits per heavy atom. The third kappa shape index (κ3) is 4.93. The fourth-order valence-corrected chi connectivity index (χ4v) is 5.85. The second-order valence-electron chi connectivity index (χ2n) is 9.51. The maximum Gasteiger partial charge on any atom is 0.0586 e. The number of aliphatic hydroxyl groups excluding tert-OH is 1. The molecule has 1 atom stereocenters. The third-order valence-corrected chi connectivity index (χ3v) is 7.87. The molecule has 2 heterocycles. The Bertz CT molecular complexity index is 557. The van der Waals surface area contributed by atoms with Crippen molar-refractivity contribution in [2.45, 2.75) is 70.4 Å². The second-order valence-corrected chi connectivity index (χ2v) is 9.51. The highest BCUT2D eigenvalue weighted by molar-refractivity contribution is 5.14. The molecule has 1 aromatic rings. The van der Waals surface area contributed by atoms with Crippen molar-refractivity contribution in [1.29, 1.82) is 0 Å². The molecule has 27 heavy (non-hydrogen) atoms. The van der Waals surface area contributed by atoms with Gasteiger partial charge in [-0.3, -0.25) is 9.80 Å². The molecule has 150 valence electrons. The van der Waals surface area contributed by atoms with Crippen molar-refractivity contribution < 1.29 is 5.11 Å². The quantitative estimate of drug-likeness (QED) is 0.808. The lowest BCUT2D eigenvalue weighted by Crippen LogP contribution is -2.42. The minimum absolute atomic E-state index is 0.354. The Morgan fingerprint density at radius 1 is 0.926 bits per heavy atom. The Balaban J connectivity index is 1.18. The van der Waals surface area contributed by atoms with Crippen molar-refractivity contribution in [2.24, 2.45) is 11.3 Å². The molecule has 3 aliphatic rings. The average Bonchev–Trinajstić information content (AvgIpc) is 3.18. The Kier molecular flexibility index (Phi) is 6.52. The van der Waals surface area contributed by atoms with Gasteiger partial charge in [0.15, 0.2) is 0 Å². The highest BCUT2D eigenvalue weighted by Gasteiger charge is 2.38. The lowest BCUT2D eigenvalue weighted by Gasteiger charge is -2.46. The molecule has 0 unspecified atom stereocenters. The number of piperidine rings is 1. The SMILES string of the molecule is OC[C@@H]1CCCN1CCC1CCC2(CC1)CCN(Cc1ccccc1)CC2. The number of hydrogen-bond donors (Lipinski definition) is 1. The third-order valence-electron chi connectivity index (χ3n) is 7.87. The van der Waals surface area contributed by atoms with Crippen LogP contribution in [0.15, 0.2) is 30.3 Å². The van der Waals surface area contributed by atoms with E-state index in [1.807, 2.05) is 0 Å². The molecule has 0 amide bonds. The molecule has 1 N–H and O–H groups in total. The number of hydrogen-bond acceptors (Lipinski definition) is 3. The molecule has 1 spiro atoms. The molecule has 0 aromatic heterocycles. The van der Waals surface area contributed by atoms with Crippen LogP contribution >= 0.6 is 0 Å². The first-order chi connectivity index (χ1) is 13.3. The Hall–Kier alpha value is -0.900. The van der Waals surface area contributed by atoms with E-state index in [1.165, 1.54) is 89.5 Å². The number of likely N-dealkylation sites (tertiary alicyclic amines) is 2. The summed E-state index contributed by atoms with van der Waals surface area (Å²) in [5.41, 5.74) is 2.12. The van der Waals surface area contributed by atoms with Gasteiger partial charge in [0.05, 0.1) is 6.61 Å². The number of rotatable bonds is 6. The highest BCUT2D eigenvalue weighted by atomic mass is 16.3. The molecule has 1 saturated carbocycles. The zero-order valence-electron chi connectivity index (χ0n) is 17.0. The average molecular weight is 371 g/mol. The van der Waals surface area contributed by atoms with Crippen LogP contribution in [-0.2, 0) is 6.54 Å². The van der Waals surface area contributed by atoms with Gasteiger partial charge in [-0.1, -0.05) is 30.3 Å². The highest BCUT2D eigenvalue weighted by Crippen LogP contribution is 2.47. The van der Waals surface area contributed by atoms with Gasteiger partial charge in [-0.25, -0.2) is 0 Å². The van der Waals surface area contributed by atoms with Crippen LogP contribution in [-0.4, -0.2) is 53.7 Å². The molecule has 3 nitrogen and oxygen atoms in total. The topological polar surface area (TPSA) is 26.7 Å². The molecule has 4 rings (SSSR count). The van der Waals surface area contributed by atoms with E-state index in [4.69, 9.17) is 0 Å². The first-order valence-corrected chi connectivity index (χ1v) is 11.4. The molecule has 0 radical (unpaired) electrons. The van der Waals surface area contributed by atoms with E-state index in [9.17, 15) is 5.11 Å². The summed E-state index contributed by atoms with van der Waals surface area (Å²) >= 11 is 0. The molecular weight excluding hydrogens is 332 g/mol. The summed E-state index contributed by atoms with van der Waals surface area (Å²) in [5.74, 6) is 0.929. The predicted molar refractivity (Wildman–Crippen MR) is 112 cm³/mol.